The van der Waals surface area contributed by atoms with Crippen LogP contribution in [0.5, 0.6) is 0 Å². The first-order valence-electron chi connectivity index (χ1n) is 4.40. The minimum absolute atomic E-state index is 0.445. The lowest BCUT2D eigenvalue weighted by molar-refractivity contribution is 0.0226. The first-order valence-corrected chi connectivity index (χ1v) is 4.40. The Balaban J connectivity index is 1.98. The van der Waals surface area contributed by atoms with Gasteiger partial charge in [-0.25, -0.2) is 0 Å². The van der Waals surface area contributed by atoms with Crippen LogP contribution in [-0.2, 0) is 9.57 Å². The summed E-state index contributed by atoms with van der Waals surface area (Å²) >= 11 is 0. The molecular formula is C9H17NO2. The van der Waals surface area contributed by atoms with E-state index in [2.05, 4.69) is 16.9 Å². The monoisotopic (exact) mass is 171 g/mol. The molecule has 1 aliphatic rings. The van der Waals surface area contributed by atoms with E-state index in [9.17, 15) is 0 Å². The van der Waals surface area contributed by atoms with E-state index in [0.29, 0.717) is 12.0 Å². The van der Waals surface area contributed by atoms with Gasteiger partial charge in [0, 0.05) is 0 Å². The third-order valence-corrected chi connectivity index (χ3v) is 2.38. The maximum Gasteiger partial charge on any atom is 0.106 e. The molecule has 0 heterocycles. The van der Waals surface area contributed by atoms with E-state index >= 15 is 0 Å². The summed E-state index contributed by atoms with van der Waals surface area (Å²) in [6, 6.07) is 0. The Labute approximate surface area is 73.7 Å². The smallest absolute Gasteiger partial charge is 0.106 e. The van der Waals surface area contributed by atoms with E-state index in [-0.39, 0.29) is 0 Å². The topological polar surface area (TPSA) is 30.8 Å². The maximum atomic E-state index is 5.41. The van der Waals surface area contributed by atoms with E-state index in [0.717, 1.165) is 6.61 Å². The summed E-state index contributed by atoms with van der Waals surface area (Å²) in [5, 5.41) is 3.59. The highest BCUT2D eigenvalue weighted by atomic mass is 16.6. The van der Waals surface area contributed by atoms with Crippen molar-refractivity contribution in [1.82, 2.24) is 0 Å². The van der Waals surface area contributed by atoms with Crippen molar-refractivity contribution in [2.45, 2.75) is 26.2 Å². The van der Waals surface area contributed by atoms with Crippen LogP contribution in [0, 0.1) is 5.41 Å². The summed E-state index contributed by atoms with van der Waals surface area (Å²) in [6.45, 7) is 3.68. The zero-order valence-corrected chi connectivity index (χ0v) is 7.88. The highest BCUT2D eigenvalue weighted by molar-refractivity contribution is 5.57. The third-order valence-electron chi connectivity index (χ3n) is 2.38. The van der Waals surface area contributed by atoms with Crippen LogP contribution in [0.3, 0.4) is 0 Å². The molecule has 0 spiro atoms. The van der Waals surface area contributed by atoms with Crippen molar-refractivity contribution in [2.75, 3.05) is 20.3 Å². The van der Waals surface area contributed by atoms with Gasteiger partial charge in [0.15, 0.2) is 0 Å². The average molecular weight is 171 g/mol. The molecule has 1 rings (SSSR count). The van der Waals surface area contributed by atoms with Crippen molar-refractivity contribution in [2.24, 2.45) is 10.6 Å². The highest BCUT2D eigenvalue weighted by Crippen LogP contribution is 2.40. The lowest BCUT2D eigenvalue weighted by atomic mass is 9.71. The first-order chi connectivity index (χ1) is 5.77. The molecule has 0 aliphatic heterocycles. The van der Waals surface area contributed by atoms with Crippen LogP contribution in [0.15, 0.2) is 5.16 Å². The van der Waals surface area contributed by atoms with Crippen molar-refractivity contribution in [3.8, 4) is 0 Å². The Kier molecular flexibility index (Phi) is 3.53. The van der Waals surface area contributed by atoms with Gasteiger partial charge >= 0.3 is 0 Å². The summed E-state index contributed by atoms with van der Waals surface area (Å²) in [6.07, 6.45) is 5.59. The summed E-state index contributed by atoms with van der Waals surface area (Å²) in [5.74, 6) is 0. The van der Waals surface area contributed by atoms with Gasteiger partial charge in [0.2, 0.25) is 0 Å². The molecule has 1 saturated carbocycles. The van der Waals surface area contributed by atoms with Gasteiger partial charge in [-0.3, -0.25) is 0 Å². The largest absolute Gasteiger partial charge is 0.399 e. The van der Waals surface area contributed by atoms with Crippen LogP contribution in [-0.4, -0.2) is 26.5 Å². The van der Waals surface area contributed by atoms with Crippen LogP contribution in [0.2, 0.25) is 0 Å². The molecule has 3 heteroatoms. The standard InChI is InChI=1S/C9H17NO2/c1-9(4-3-5-9)8-12-7-6-10-11-2/h6H,3-5,7-8H2,1-2H3/b10-6+. The Hall–Kier alpha value is -0.570. The molecule has 70 valence electrons. The molecule has 0 saturated heterocycles. The maximum absolute atomic E-state index is 5.41. The van der Waals surface area contributed by atoms with E-state index in [1.807, 2.05) is 0 Å². The third kappa shape index (κ3) is 2.81. The van der Waals surface area contributed by atoms with Gasteiger partial charge in [-0.2, -0.15) is 0 Å². The van der Waals surface area contributed by atoms with Gasteiger partial charge in [-0.1, -0.05) is 18.5 Å². The molecular weight excluding hydrogens is 154 g/mol. The molecule has 0 aromatic carbocycles. The van der Waals surface area contributed by atoms with Gasteiger partial charge in [0.1, 0.15) is 7.11 Å². The van der Waals surface area contributed by atoms with E-state index < -0.39 is 0 Å². The average Bonchev–Trinajstić information content (AvgIpc) is 2.01. The lowest BCUT2D eigenvalue weighted by Gasteiger charge is -2.37. The second-order valence-electron chi connectivity index (χ2n) is 3.65. The highest BCUT2D eigenvalue weighted by Gasteiger charge is 2.31. The number of hydrogen-bond acceptors (Lipinski definition) is 3. The van der Waals surface area contributed by atoms with Crippen LogP contribution in [0.4, 0.5) is 0 Å². The summed E-state index contributed by atoms with van der Waals surface area (Å²) in [7, 11) is 1.53. The van der Waals surface area contributed by atoms with Crippen molar-refractivity contribution in [3.05, 3.63) is 0 Å². The number of oxime groups is 1. The molecule has 0 amide bonds. The van der Waals surface area contributed by atoms with Crippen molar-refractivity contribution in [1.29, 1.82) is 0 Å². The number of ether oxygens (including phenoxy) is 1. The summed E-state index contributed by atoms with van der Waals surface area (Å²) in [4.78, 5) is 4.50. The Morgan fingerprint density at radius 3 is 2.75 bits per heavy atom. The molecule has 0 N–H and O–H groups in total. The van der Waals surface area contributed by atoms with Crippen LogP contribution in [0.1, 0.15) is 26.2 Å². The summed E-state index contributed by atoms with van der Waals surface area (Å²) in [5.41, 5.74) is 0.445. The Bertz CT molecular complexity index is 153. The van der Waals surface area contributed by atoms with E-state index in [4.69, 9.17) is 4.74 Å². The molecule has 0 bridgehead atoms. The van der Waals surface area contributed by atoms with E-state index in [1.165, 1.54) is 26.4 Å². The van der Waals surface area contributed by atoms with Gasteiger partial charge in [0.25, 0.3) is 0 Å². The summed E-state index contributed by atoms with van der Waals surface area (Å²) < 4.78 is 5.41. The van der Waals surface area contributed by atoms with Crippen LogP contribution >= 0.6 is 0 Å². The molecule has 0 atom stereocenters. The quantitative estimate of drug-likeness (QED) is 0.359. The first kappa shape index (κ1) is 9.52. The molecule has 0 aromatic rings. The normalized spacial score (nSPS) is 20.8. The van der Waals surface area contributed by atoms with Gasteiger partial charge < -0.3 is 9.57 Å². The second kappa shape index (κ2) is 4.45. The minimum Gasteiger partial charge on any atom is -0.399 e. The fraction of sp³-hybridized carbons (Fsp3) is 0.889. The zero-order valence-electron chi connectivity index (χ0n) is 7.88. The fourth-order valence-corrected chi connectivity index (χ4v) is 1.39. The van der Waals surface area contributed by atoms with Crippen LogP contribution < -0.4 is 0 Å². The predicted molar refractivity (Wildman–Crippen MR) is 48.3 cm³/mol. The molecule has 0 unspecified atom stereocenters. The molecule has 0 aromatic heterocycles. The fourth-order valence-electron chi connectivity index (χ4n) is 1.39. The SMILES string of the molecule is CO/N=C/COCC1(C)CCC1. The van der Waals surface area contributed by atoms with Crippen molar-refractivity contribution < 1.29 is 9.57 Å². The number of nitrogens with zero attached hydrogens (tertiary/aromatic N) is 1. The van der Waals surface area contributed by atoms with Crippen molar-refractivity contribution in [3.63, 3.8) is 0 Å². The number of rotatable bonds is 5. The van der Waals surface area contributed by atoms with Crippen molar-refractivity contribution >= 4 is 6.21 Å². The van der Waals surface area contributed by atoms with Crippen LogP contribution in [0.25, 0.3) is 0 Å². The van der Waals surface area contributed by atoms with Gasteiger partial charge in [-0.15, -0.1) is 0 Å². The Morgan fingerprint density at radius 1 is 1.50 bits per heavy atom. The molecule has 1 fully saturated rings. The second-order valence-corrected chi connectivity index (χ2v) is 3.65. The van der Waals surface area contributed by atoms with E-state index in [1.54, 1.807) is 6.21 Å². The Morgan fingerprint density at radius 2 is 2.25 bits per heavy atom. The lowest BCUT2D eigenvalue weighted by Crippen LogP contribution is -2.31. The zero-order chi connectivity index (χ0) is 8.86. The molecule has 3 nitrogen and oxygen atoms in total. The minimum atomic E-state index is 0.445. The number of hydrogen-bond donors (Lipinski definition) is 0. The van der Waals surface area contributed by atoms with Gasteiger partial charge in [0.05, 0.1) is 19.4 Å². The molecule has 12 heavy (non-hydrogen) atoms. The predicted octanol–water partition coefficient (Wildman–Crippen LogP) is 1.83. The van der Waals surface area contributed by atoms with Gasteiger partial charge in [-0.05, 0) is 18.3 Å². The molecule has 1 aliphatic carbocycles. The molecule has 0 radical (unpaired) electrons.